The highest BCUT2D eigenvalue weighted by Gasteiger charge is 2.31. The number of ether oxygens (including phenoxy) is 1. The summed E-state index contributed by atoms with van der Waals surface area (Å²) in [5, 5.41) is 7.65. The molecule has 28 heavy (non-hydrogen) atoms. The number of carbonyl (C=O) groups excluding carboxylic acids is 1. The minimum absolute atomic E-state index is 0.153. The fourth-order valence-electron chi connectivity index (χ4n) is 3.42. The summed E-state index contributed by atoms with van der Waals surface area (Å²) >= 11 is 3.04. The third-order valence-electron chi connectivity index (χ3n) is 4.89. The van der Waals surface area contributed by atoms with Gasteiger partial charge in [-0.05, 0) is 41.8 Å². The van der Waals surface area contributed by atoms with Crippen molar-refractivity contribution < 1.29 is 9.53 Å². The third kappa shape index (κ3) is 3.25. The lowest BCUT2D eigenvalue weighted by Crippen LogP contribution is -2.33. The smallest absolute Gasteiger partial charge is 0.231 e. The largest absolute Gasteiger partial charge is 0.381 e. The summed E-state index contributed by atoms with van der Waals surface area (Å²) in [7, 11) is 0. The maximum atomic E-state index is 11.9. The van der Waals surface area contributed by atoms with Crippen LogP contribution in [0.2, 0.25) is 0 Å². The van der Waals surface area contributed by atoms with Gasteiger partial charge in [-0.2, -0.15) is 0 Å². The van der Waals surface area contributed by atoms with Crippen LogP contribution in [0.25, 0.3) is 27.0 Å². The summed E-state index contributed by atoms with van der Waals surface area (Å²) in [5.41, 5.74) is 9.56. The van der Waals surface area contributed by atoms with Gasteiger partial charge in [0.15, 0.2) is 9.99 Å². The summed E-state index contributed by atoms with van der Waals surface area (Å²) in [6.07, 6.45) is 4.56. The second kappa shape index (κ2) is 7.16. The number of pyridine rings is 1. The highest BCUT2D eigenvalue weighted by molar-refractivity contribution is 8.02. The normalized spacial score (nSPS) is 18.1. The van der Waals surface area contributed by atoms with Gasteiger partial charge in [-0.1, -0.05) is 17.8 Å². The Morgan fingerprint density at radius 1 is 1.32 bits per heavy atom. The Morgan fingerprint density at radius 2 is 2.21 bits per heavy atom. The van der Waals surface area contributed by atoms with Crippen molar-refractivity contribution in [2.24, 2.45) is 11.7 Å². The number of rotatable bonds is 5. The zero-order valence-corrected chi connectivity index (χ0v) is 16.4. The maximum Gasteiger partial charge on any atom is 0.231 e. The highest BCUT2D eigenvalue weighted by Crippen LogP contribution is 2.37. The van der Waals surface area contributed by atoms with Gasteiger partial charge in [0.2, 0.25) is 5.91 Å². The molecule has 1 saturated heterocycles. The highest BCUT2D eigenvalue weighted by atomic mass is 32.2. The fraction of sp³-hybridized carbons (Fsp3) is 0.263. The standard InChI is InChI=1S/C19H17N5O2S2/c20-18(25)17(13-5-6-26-9-13)28-19-22-14-3-1-11(7-15(14)27-19)12-2-4-16-23-21-10-24(16)8-12/h1-4,7-8,10,13,17H,5-6,9H2,(H2,20,25)/t13-,17-/m1/s1. The van der Waals surface area contributed by atoms with Crippen LogP contribution in [0.15, 0.2) is 47.2 Å². The Balaban J connectivity index is 1.45. The average molecular weight is 412 g/mol. The van der Waals surface area contributed by atoms with Gasteiger partial charge in [-0.15, -0.1) is 21.5 Å². The SMILES string of the molecule is NC(=O)[C@H](Sc1nc2ccc(-c3ccc4nncn4c3)cc2s1)[C@@H]1CCOC1. The van der Waals surface area contributed by atoms with Gasteiger partial charge in [0.25, 0.3) is 0 Å². The van der Waals surface area contributed by atoms with Gasteiger partial charge in [-0.3, -0.25) is 9.20 Å². The molecule has 0 unspecified atom stereocenters. The average Bonchev–Trinajstić information content (AvgIpc) is 3.44. The van der Waals surface area contributed by atoms with E-state index in [0.29, 0.717) is 13.2 Å². The first kappa shape index (κ1) is 17.6. The van der Waals surface area contributed by atoms with Crippen molar-refractivity contribution in [2.45, 2.75) is 16.0 Å². The monoisotopic (exact) mass is 411 g/mol. The van der Waals surface area contributed by atoms with Crippen molar-refractivity contribution in [2.75, 3.05) is 13.2 Å². The van der Waals surface area contributed by atoms with Crippen LogP contribution in [0.4, 0.5) is 0 Å². The van der Waals surface area contributed by atoms with E-state index < -0.39 is 0 Å². The first-order valence-electron chi connectivity index (χ1n) is 8.91. The van der Waals surface area contributed by atoms with Crippen molar-refractivity contribution in [3.8, 4) is 11.1 Å². The lowest BCUT2D eigenvalue weighted by atomic mass is 10.0. The van der Waals surface area contributed by atoms with Gasteiger partial charge >= 0.3 is 0 Å². The molecule has 0 radical (unpaired) electrons. The fourth-order valence-corrected chi connectivity index (χ4v) is 5.82. The number of thioether (sulfide) groups is 1. The van der Waals surface area contributed by atoms with E-state index >= 15 is 0 Å². The van der Waals surface area contributed by atoms with Crippen molar-refractivity contribution in [3.05, 3.63) is 42.9 Å². The third-order valence-corrected chi connectivity index (χ3v) is 7.41. The minimum Gasteiger partial charge on any atom is -0.381 e. The lowest BCUT2D eigenvalue weighted by molar-refractivity contribution is -0.118. The number of thiazole rings is 1. The zero-order valence-electron chi connectivity index (χ0n) is 14.8. The molecule has 1 aliphatic heterocycles. The van der Waals surface area contributed by atoms with E-state index in [1.165, 1.54) is 11.8 Å². The van der Waals surface area contributed by atoms with Crippen LogP contribution >= 0.6 is 23.1 Å². The van der Waals surface area contributed by atoms with Gasteiger partial charge in [-0.25, -0.2) is 4.98 Å². The predicted molar refractivity (Wildman–Crippen MR) is 109 cm³/mol. The Labute approximate surface area is 168 Å². The van der Waals surface area contributed by atoms with Crippen LogP contribution in [0, 0.1) is 5.92 Å². The Morgan fingerprint density at radius 3 is 3.04 bits per heavy atom. The molecule has 9 heteroatoms. The molecule has 1 amide bonds. The number of benzene rings is 1. The van der Waals surface area contributed by atoms with Crippen molar-refractivity contribution in [1.82, 2.24) is 19.6 Å². The molecule has 2 N–H and O–H groups in total. The molecule has 2 atom stereocenters. The van der Waals surface area contributed by atoms with Crippen LogP contribution in [0.3, 0.4) is 0 Å². The summed E-state index contributed by atoms with van der Waals surface area (Å²) in [4.78, 5) is 16.6. The van der Waals surface area contributed by atoms with E-state index in [1.807, 2.05) is 28.8 Å². The van der Waals surface area contributed by atoms with Gasteiger partial charge in [0.05, 0.1) is 22.1 Å². The van der Waals surface area contributed by atoms with E-state index in [1.54, 1.807) is 17.7 Å². The molecule has 1 aromatic carbocycles. The molecule has 5 rings (SSSR count). The first-order chi connectivity index (χ1) is 13.7. The molecule has 1 aliphatic rings. The molecule has 0 bridgehead atoms. The number of primary amides is 1. The van der Waals surface area contributed by atoms with Crippen LogP contribution in [0.5, 0.6) is 0 Å². The van der Waals surface area contributed by atoms with Crippen molar-refractivity contribution >= 4 is 44.9 Å². The second-order valence-corrected chi connectivity index (χ2v) is 9.16. The van der Waals surface area contributed by atoms with Crippen LogP contribution in [-0.2, 0) is 9.53 Å². The molecule has 4 aromatic rings. The van der Waals surface area contributed by atoms with Gasteiger partial charge in [0, 0.05) is 18.7 Å². The molecule has 4 heterocycles. The first-order valence-corrected chi connectivity index (χ1v) is 10.6. The van der Waals surface area contributed by atoms with Gasteiger partial charge in [0.1, 0.15) is 6.33 Å². The number of nitrogens with zero attached hydrogens (tertiary/aromatic N) is 4. The number of hydrogen-bond donors (Lipinski definition) is 1. The molecule has 1 fully saturated rings. The van der Waals surface area contributed by atoms with Crippen LogP contribution < -0.4 is 5.73 Å². The van der Waals surface area contributed by atoms with E-state index in [-0.39, 0.29) is 17.1 Å². The quantitative estimate of drug-likeness (QED) is 0.507. The van der Waals surface area contributed by atoms with Crippen molar-refractivity contribution in [3.63, 3.8) is 0 Å². The summed E-state index contributed by atoms with van der Waals surface area (Å²) < 4.78 is 9.26. The van der Waals surface area contributed by atoms with Crippen LogP contribution in [-0.4, -0.2) is 44.0 Å². The second-order valence-electron chi connectivity index (χ2n) is 6.74. The number of amides is 1. The van der Waals surface area contributed by atoms with E-state index in [0.717, 1.165) is 37.8 Å². The number of fused-ring (bicyclic) bond motifs is 2. The van der Waals surface area contributed by atoms with Crippen molar-refractivity contribution in [1.29, 1.82) is 0 Å². The molecular formula is C19H17N5O2S2. The molecule has 7 nitrogen and oxygen atoms in total. The molecule has 0 spiro atoms. The predicted octanol–water partition coefficient (Wildman–Crippen LogP) is 2.99. The Bertz CT molecular complexity index is 1170. The summed E-state index contributed by atoms with van der Waals surface area (Å²) in [6.45, 7) is 1.27. The Hall–Kier alpha value is -2.49. The van der Waals surface area contributed by atoms with E-state index in [9.17, 15) is 4.79 Å². The zero-order chi connectivity index (χ0) is 19.1. The van der Waals surface area contributed by atoms with E-state index in [4.69, 9.17) is 15.5 Å². The lowest BCUT2D eigenvalue weighted by Gasteiger charge is -2.16. The number of hydrogen-bond acceptors (Lipinski definition) is 7. The topological polar surface area (TPSA) is 95.4 Å². The molecule has 0 saturated carbocycles. The van der Waals surface area contributed by atoms with Crippen LogP contribution in [0.1, 0.15) is 6.42 Å². The summed E-state index contributed by atoms with van der Waals surface area (Å²) in [6, 6.07) is 10.2. The molecular weight excluding hydrogens is 394 g/mol. The molecule has 0 aliphatic carbocycles. The summed E-state index contributed by atoms with van der Waals surface area (Å²) in [5.74, 6) is -0.150. The number of nitrogens with two attached hydrogens (primary N) is 1. The van der Waals surface area contributed by atoms with Gasteiger partial charge < -0.3 is 10.5 Å². The van der Waals surface area contributed by atoms with E-state index in [2.05, 4.69) is 22.3 Å². The number of carbonyl (C=O) groups is 1. The Kier molecular flexibility index (Phi) is 4.50. The number of aromatic nitrogens is 4. The molecule has 142 valence electrons. The molecule has 3 aromatic heterocycles. The minimum atomic E-state index is -0.307. The maximum absolute atomic E-state index is 11.9.